The van der Waals surface area contributed by atoms with Gasteiger partial charge in [0.2, 0.25) is 0 Å². The predicted molar refractivity (Wildman–Crippen MR) is 128 cm³/mol. The van der Waals surface area contributed by atoms with Gasteiger partial charge in [0.15, 0.2) is 0 Å². The number of rotatable bonds is 8. The Morgan fingerprint density at radius 1 is 1.00 bits per heavy atom. The summed E-state index contributed by atoms with van der Waals surface area (Å²) in [5.74, 6) is 0.305. The number of aromatic nitrogens is 2. The lowest BCUT2D eigenvalue weighted by Crippen LogP contribution is -2.38. The maximum Gasteiger partial charge on any atom is 0.348 e. The van der Waals surface area contributed by atoms with Crippen molar-refractivity contribution >= 4 is 27.5 Å². The number of thiophene rings is 1. The highest BCUT2D eigenvalue weighted by molar-refractivity contribution is 7.20. The molecule has 0 saturated heterocycles. The first-order valence-corrected chi connectivity index (χ1v) is 11.4. The van der Waals surface area contributed by atoms with E-state index in [-0.39, 0.29) is 13.2 Å². The summed E-state index contributed by atoms with van der Waals surface area (Å²) in [6.07, 6.45) is 1.44. The van der Waals surface area contributed by atoms with Crippen LogP contribution in [0.25, 0.3) is 10.2 Å². The largest absolute Gasteiger partial charge is 0.497 e. The maximum absolute atomic E-state index is 13.0. The van der Waals surface area contributed by atoms with E-state index in [1.54, 1.807) is 14.2 Å². The molecule has 0 aliphatic rings. The van der Waals surface area contributed by atoms with Crippen LogP contribution in [0.4, 0.5) is 0 Å². The molecule has 0 atom stereocenters. The summed E-state index contributed by atoms with van der Waals surface area (Å²) in [6, 6.07) is 18.6. The summed E-state index contributed by atoms with van der Waals surface area (Å²) in [5, 5.41) is 0.336. The van der Waals surface area contributed by atoms with E-state index in [2.05, 4.69) is 0 Å². The number of esters is 1. The van der Waals surface area contributed by atoms with E-state index in [9.17, 15) is 14.4 Å². The van der Waals surface area contributed by atoms with Crippen molar-refractivity contribution in [3.8, 4) is 5.75 Å². The number of carbonyl (C=O) groups excluding carboxylic acids is 1. The average Bonchev–Trinajstić information content (AvgIpc) is 3.30. The molecule has 0 amide bonds. The van der Waals surface area contributed by atoms with Crippen LogP contribution in [0.3, 0.4) is 0 Å². The van der Waals surface area contributed by atoms with Gasteiger partial charge in [-0.2, -0.15) is 0 Å². The van der Waals surface area contributed by atoms with E-state index in [0.717, 1.165) is 34.6 Å². The zero-order valence-electron chi connectivity index (χ0n) is 18.4. The van der Waals surface area contributed by atoms with Gasteiger partial charge in [-0.1, -0.05) is 42.5 Å². The first kappa shape index (κ1) is 22.5. The van der Waals surface area contributed by atoms with Crippen molar-refractivity contribution in [3.63, 3.8) is 0 Å². The molecule has 4 rings (SSSR count). The lowest BCUT2D eigenvalue weighted by molar-refractivity contribution is 0.0506. The van der Waals surface area contributed by atoms with E-state index >= 15 is 0 Å². The van der Waals surface area contributed by atoms with Gasteiger partial charge in [-0.15, -0.1) is 11.3 Å². The fourth-order valence-corrected chi connectivity index (χ4v) is 4.59. The Morgan fingerprint density at radius 2 is 1.73 bits per heavy atom. The van der Waals surface area contributed by atoms with E-state index in [1.807, 2.05) is 54.6 Å². The molecule has 2 heterocycles. The second-order valence-corrected chi connectivity index (χ2v) is 8.67. The molecule has 2 aromatic carbocycles. The molecule has 0 fully saturated rings. The monoisotopic (exact) mass is 464 g/mol. The first-order chi connectivity index (χ1) is 16.0. The standard InChI is InChI=1S/C25H24N2O5S/c1-26-23-20(22(28)27(25(26)30)16-18-7-4-3-5-8-18)15-21(33-23)24(29)32-14-6-9-17-10-12-19(31-2)13-11-17/h3-5,7-8,10-13,15H,6,9,14,16H2,1-2H3. The smallest absolute Gasteiger partial charge is 0.348 e. The van der Waals surface area contributed by atoms with Gasteiger partial charge >= 0.3 is 11.7 Å². The zero-order chi connectivity index (χ0) is 23.4. The molecule has 0 radical (unpaired) electrons. The van der Waals surface area contributed by atoms with Crippen LogP contribution in [0, 0.1) is 0 Å². The second kappa shape index (κ2) is 9.87. The van der Waals surface area contributed by atoms with Gasteiger partial charge in [-0.3, -0.25) is 13.9 Å². The first-order valence-electron chi connectivity index (χ1n) is 10.6. The maximum atomic E-state index is 13.0. The summed E-state index contributed by atoms with van der Waals surface area (Å²) in [4.78, 5) is 39.1. The minimum Gasteiger partial charge on any atom is -0.497 e. The number of nitrogens with zero attached hydrogens (tertiary/aromatic N) is 2. The summed E-state index contributed by atoms with van der Waals surface area (Å²) in [7, 11) is 3.23. The summed E-state index contributed by atoms with van der Waals surface area (Å²) < 4.78 is 13.2. The van der Waals surface area contributed by atoms with Gasteiger partial charge in [-0.05, 0) is 42.2 Å². The molecule has 0 bridgehead atoms. The molecule has 0 saturated carbocycles. The Hall–Kier alpha value is -3.65. The van der Waals surface area contributed by atoms with Crippen LogP contribution < -0.4 is 16.0 Å². The van der Waals surface area contributed by atoms with Gasteiger partial charge < -0.3 is 9.47 Å². The Balaban J connectivity index is 1.47. The third-order valence-electron chi connectivity index (χ3n) is 5.40. The van der Waals surface area contributed by atoms with Crippen molar-refractivity contribution in [1.29, 1.82) is 0 Å². The number of aryl methyl sites for hydroxylation is 2. The second-order valence-electron chi connectivity index (χ2n) is 7.64. The van der Waals surface area contributed by atoms with Gasteiger partial charge in [-0.25, -0.2) is 9.59 Å². The molecule has 2 aromatic heterocycles. The molecule has 33 heavy (non-hydrogen) atoms. The van der Waals surface area contributed by atoms with Gasteiger partial charge in [0.1, 0.15) is 15.5 Å². The average molecular weight is 465 g/mol. The SMILES string of the molecule is COc1ccc(CCCOC(=O)c2cc3c(=O)n(Cc4ccccc4)c(=O)n(C)c3s2)cc1. The summed E-state index contributed by atoms with van der Waals surface area (Å²) >= 11 is 1.10. The van der Waals surface area contributed by atoms with Crippen molar-refractivity contribution in [2.45, 2.75) is 19.4 Å². The fraction of sp³-hybridized carbons (Fsp3) is 0.240. The third kappa shape index (κ3) is 4.90. The van der Waals surface area contributed by atoms with E-state index in [0.29, 0.717) is 21.5 Å². The van der Waals surface area contributed by atoms with Crippen LogP contribution >= 0.6 is 11.3 Å². The molecule has 4 aromatic rings. The lowest BCUT2D eigenvalue weighted by atomic mass is 10.1. The number of hydrogen-bond acceptors (Lipinski definition) is 6. The van der Waals surface area contributed by atoms with Crippen molar-refractivity contribution in [2.24, 2.45) is 7.05 Å². The number of benzene rings is 2. The number of ether oxygens (including phenoxy) is 2. The zero-order valence-corrected chi connectivity index (χ0v) is 19.3. The Morgan fingerprint density at radius 3 is 2.42 bits per heavy atom. The molecule has 0 unspecified atom stereocenters. The third-order valence-corrected chi connectivity index (χ3v) is 6.59. The van der Waals surface area contributed by atoms with Crippen molar-refractivity contribution in [3.05, 3.63) is 97.5 Å². The van der Waals surface area contributed by atoms with E-state index in [1.165, 1.54) is 15.2 Å². The van der Waals surface area contributed by atoms with E-state index in [4.69, 9.17) is 9.47 Å². The van der Waals surface area contributed by atoms with Crippen LogP contribution in [0.15, 0.2) is 70.3 Å². The van der Waals surface area contributed by atoms with Crippen LogP contribution in [0.2, 0.25) is 0 Å². The number of methoxy groups -OCH3 is 1. The molecule has 0 aliphatic carbocycles. The molecule has 0 N–H and O–H groups in total. The summed E-state index contributed by atoms with van der Waals surface area (Å²) in [5.41, 5.74) is 1.15. The lowest BCUT2D eigenvalue weighted by Gasteiger charge is -2.08. The molecule has 0 spiro atoms. The van der Waals surface area contributed by atoms with Crippen LogP contribution in [0.5, 0.6) is 5.75 Å². The van der Waals surface area contributed by atoms with Crippen molar-refractivity contribution in [1.82, 2.24) is 9.13 Å². The molecular formula is C25H24N2O5S. The molecule has 7 nitrogen and oxygen atoms in total. The Labute approximate surface area is 194 Å². The Kier molecular flexibility index (Phi) is 6.74. The van der Waals surface area contributed by atoms with Gasteiger partial charge in [0, 0.05) is 7.05 Å². The highest BCUT2D eigenvalue weighted by Gasteiger charge is 2.18. The minimum absolute atomic E-state index is 0.170. The number of hydrogen-bond donors (Lipinski definition) is 0. The van der Waals surface area contributed by atoms with Crippen LogP contribution in [-0.4, -0.2) is 28.8 Å². The fourth-order valence-electron chi connectivity index (χ4n) is 3.59. The van der Waals surface area contributed by atoms with E-state index < -0.39 is 17.2 Å². The van der Waals surface area contributed by atoms with Crippen molar-refractivity contribution < 1.29 is 14.3 Å². The minimum atomic E-state index is -0.493. The van der Waals surface area contributed by atoms with Gasteiger partial charge in [0.25, 0.3) is 5.56 Å². The Bertz CT molecular complexity index is 1380. The predicted octanol–water partition coefficient (Wildman–Crippen LogP) is 3.61. The van der Waals surface area contributed by atoms with Crippen LogP contribution in [0.1, 0.15) is 27.2 Å². The number of fused-ring (bicyclic) bond motifs is 1. The van der Waals surface area contributed by atoms with Crippen molar-refractivity contribution in [2.75, 3.05) is 13.7 Å². The molecule has 8 heteroatoms. The normalized spacial score (nSPS) is 11.0. The molecule has 0 aliphatic heterocycles. The van der Waals surface area contributed by atoms with Crippen LogP contribution in [-0.2, 0) is 24.8 Å². The topological polar surface area (TPSA) is 79.5 Å². The highest BCUT2D eigenvalue weighted by Crippen LogP contribution is 2.23. The highest BCUT2D eigenvalue weighted by atomic mass is 32.1. The molecular weight excluding hydrogens is 440 g/mol. The summed E-state index contributed by atoms with van der Waals surface area (Å²) in [6.45, 7) is 0.430. The quantitative estimate of drug-likeness (QED) is 0.294. The number of carbonyl (C=O) groups is 1. The molecule has 170 valence electrons. The van der Waals surface area contributed by atoms with Gasteiger partial charge in [0.05, 0.1) is 25.6 Å².